The molecule has 9 aromatic rings. The van der Waals surface area contributed by atoms with E-state index in [-0.39, 0.29) is 73.6 Å². The molecule has 8 bridgehead atoms. The van der Waals surface area contributed by atoms with E-state index in [4.69, 9.17) is 9.97 Å². The van der Waals surface area contributed by atoms with Crippen LogP contribution in [0.2, 0.25) is 0 Å². The van der Waals surface area contributed by atoms with E-state index in [1.54, 1.807) is 12.4 Å². The van der Waals surface area contributed by atoms with Gasteiger partial charge in [0.1, 0.15) is 11.3 Å². The van der Waals surface area contributed by atoms with Crippen molar-refractivity contribution in [2.45, 2.75) is 92.3 Å². The maximum absolute atomic E-state index is 18.9. The highest BCUT2D eigenvalue weighted by molar-refractivity contribution is 6.29. The van der Waals surface area contributed by atoms with E-state index < -0.39 is 28.1 Å². The molecule has 1 spiro atoms. The number of halogens is 4. The van der Waals surface area contributed by atoms with Crippen molar-refractivity contribution in [3.05, 3.63) is 148 Å². The van der Waals surface area contributed by atoms with E-state index >= 15 is 17.6 Å². The van der Waals surface area contributed by atoms with Crippen LogP contribution in [0.1, 0.15) is 109 Å². The van der Waals surface area contributed by atoms with Crippen molar-refractivity contribution in [1.29, 1.82) is 0 Å². The molecule has 4 fully saturated rings. The van der Waals surface area contributed by atoms with Crippen LogP contribution >= 0.6 is 0 Å². The van der Waals surface area contributed by atoms with Crippen LogP contribution in [0, 0.1) is 23.7 Å². The number of benzene rings is 5. The highest BCUT2D eigenvalue weighted by Crippen LogP contribution is 2.69. The van der Waals surface area contributed by atoms with Crippen molar-refractivity contribution in [1.82, 2.24) is 14.4 Å². The molecule has 0 N–H and O–H groups in total. The molecule has 0 saturated heterocycles. The first-order valence-corrected chi connectivity index (χ1v) is 23.7. The van der Waals surface area contributed by atoms with Crippen LogP contribution in [-0.2, 0) is 28.1 Å². The van der Waals surface area contributed by atoms with Gasteiger partial charge < -0.3 is 4.40 Å². The molecular weight excluding hydrogens is 803 g/mol. The average molecular weight is 844 g/mol. The van der Waals surface area contributed by atoms with Gasteiger partial charge in [-0.25, -0.2) is 17.6 Å². The number of hydrogen-bond acceptors (Lipinski definition) is 2. The van der Waals surface area contributed by atoms with Crippen LogP contribution in [-0.4, -0.2) is 14.4 Å². The lowest BCUT2D eigenvalue weighted by Gasteiger charge is -2.43. The van der Waals surface area contributed by atoms with E-state index in [9.17, 15) is 0 Å². The van der Waals surface area contributed by atoms with Crippen molar-refractivity contribution in [3.63, 3.8) is 0 Å². The second kappa shape index (κ2) is 10.5. The van der Waals surface area contributed by atoms with Crippen LogP contribution in [0.25, 0.3) is 71.1 Å². The second-order valence-electron chi connectivity index (χ2n) is 21.9. The fraction of sp³-hybridized carbons (Fsp3) is 0.333. The first kappa shape index (κ1) is 34.6. The molecule has 4 saturated carbocycles. The molecule has 4 atom stereocenters. The zero-order chi connectivity index (χ0) is 42.0. The molecule has 0 radical (unpaired) electrons. The van der Waals surface area contributed by atoms with Crippen LogP contribution in [0.15, 0.2) is 103 Å². The topological polar surface area (TPSA) is 30.2 Å². The molecule has 5 aromatic carbocycles. The normalized spacial score (nSPS) is 32.8. The Morgan fingerprint density at radius 2 is 0.938 bits per heavy atom. The molecule has 64 heavy (non-hydrogen) atoms. The molecule has 4 heterocycles. The third-order valence-electron chi connectivity index (χ3n) is 18.5. The Bertz CT molecular complexity index is 3630. The summed E-state index contributed by atoms with van der Waals surface area (Å²) in [6.07, 6.45) is 7.54. The molecule has 312 valence electrons. The second-order valence-corrected chi connectivity index (χ2v) is 21.9. The summed E-state index contributed by atoms with van der Waals surface area (Å²) in [5.41, 5.74) is 4.52. The molecule has 3 nitrogen and oxygen atoms in total. The van der Waals surface area contributed by atoms with Crippen molar-refractivity contribution >= 4 is 48.9 Å². The molecule has 0 aliphatic heterocycles. The lowest BCUT2D eigenvalue weighted by Crippen LogP contribution is -2.38. The Balaban J connectivity index is 1.17. The number of alkyl halides is 4. The van der Waals surface area contributed by atoms with Crippen molar-refractivity contribution in [3.8, 4) is 22.3 Å². The largest absolute Gasteiger partial charge is 0.305 e. The van der Waals surface area contributed by atoms with Crippen LogP contribution < -0.4 is 0 Å². The summed E-state index contributed by atoms with van der Waals surface area (Å²) in [5, 5.41) is 5.38. The van der Waals surface area contributed by atoms with Crippen molar-refractivity contribution in [2.24, 2.45) is 23.7 Å². The van der Waals surface area contributed by atoms with E-state index in [1.807, 2.05) is 0 Å². The predicted octanol–water partition coefficient (Wildman–Crippen LogP) is 14.2. The number of pyridine rings is 2. The lowest BCUT2D eigenvalue weighted by atomic mass is 9.60. The Hall–Kier alpha value is -5.82. The van der Waals surface area contributed by atoms with Gasteiger partial charge in [-0.2, -0.15) is 0 Å². The van der Waals surface area contributed by atoms with Gasteiger partial charge in [0.25, 0.3) is 0 Å². The number of rotatable bonds is 0. The van der Waals surface area contributed by atoms with Gasteiger partial charge in [-0.1, -0.05) is 84.9 Å². The van der Waals surface area contributed by atoms with Gasteiger partial charge >= 0.3 is 0 Å². The highest BCUT2D eigenvalue weighted by Gasteiger charge is 2.62. The SMILES string of the molecule is FC12CC3CC(C1)CC(F)(C3)c1c2ncc2c1c1cc3c(c4c5c6c(ncc5n2c14)C1(F)CC2CC(C1)CC6(F)C2)C1(c2ccccc2-c2ccccc21)c1cccc2cccc-3c12. The van der Waals surface area contributed by atoms with E-state index in [2.05, 4.69) is 95.4 Å². The summed E-state index contributed by atoms with van der Waals surface area (Å²) in [5.74, 6) is -0.233. The van der Waals surface area contributed by atoms with Gasteiger partial charge in [0, 0.05) is 32.7 Å². The Morgan fingerprint density at radius 1 is 0.453 bits per heavy atom. The van der Waals surface area contributed by atoms with Crippen LogP contribution in [0.3, 0.4) is 0 Å². The molecule has 4 unspecified atom stereocenters. The summed E-state index contributed by atoms with van der Waals surface area (Å²) < 4.78 is 75.5. The Labute approximate surface area is 365 Å². The van der Waals surface area contributed by atoms with Crippen LogP contribution in [0.5, 0.6) is 0 Å². The van der Waals surface area contributed by atoms with Crippen molar-refractivity contribution in [2.75, 3.05) is 0 Å². The van der Waals surface area contributed by atoms with E-state index in [0.29, 0.717) is 40.4 Å². The predicted molar refractivity (Wildman–Crippen MR) is 242 cm³/mol. The molecule has 19 rings (SSSR count). The lowest BCUT2D eigenvalue weighted by molar-refractivity contribution is -0.0315. The first-order chi connectivity index (χ1) is 31.1. The maximum Gasteiger partial charge on any atom is 0.153 e. The van der Waals surface area contributed by atoms with Gasteiger partial charge in [0.15, 0.2) is 11.3 Å². The van der Waals surface area contributed by atoms with Gasteiger partial charge in [0.05, 0.1) is 45.7 Å². The Kier molecular flexibility index (Phi) is 5.66. The third-order valence-corrected chi connectivity index (χ3v) is 18.5. The summed E-state index contributed by atoms with van der Waals surface area (Å²) in [4.78, 5) is 10.1. The van der Waals surface area contributed by atoms with Gasteiger partial charge in [-0.3, -0.25) is 9.97 Å². The number of hydrogen-bond donors (Lipinski definition) is 0. The zero-order valence-corrected chi connectivity index (χ0v) is 35.0. The van der Waals surface area contributed by atoms with Gasteiger partial charge in [-0.15, -0.1) is 0 Å². The van der Waals surface area contributed by atoms with Gasteiger partial charge in [0.2, 0.25) is 0 Å². The minimum absolute atomic E-state index is 0.0486. The smallest absolute Gasteiger partial charge is 0.153 e. The van der Waals surface area contributed by atoms with E-state index in [0.717, 1.165) is 89.8 Å². The average Bonchev–Trinajstić information content (AvgIpc) is 3.84. The molecule has 7 heteroatoms. The van der Waals surface area contributed by atoms with Crippen LogP contribution in [0.4, 0.5) is 17.6 Å². The minimum Gasteiger partial charge on any atom is -0.305 e. The van der Waals surface area contributed by atoms with Gasteiger partial charge in [-0.05, 0) is 149 Å². The number of nitrogens with zero attached hydrogens (tertiary/aromatic N) is 3. The fourth-order valence-electron chi connectivity index (χ4n) is 17.2. The third kappa shape index (κ3) is 3.59. The summed E-state index contributed by atoms with van der Waals surface area (Å²) in [6, 6.07) is 32.8. The Morgan fingerprint density at radius 3 is 1.53 bits per heavy atom. The maximum atomic E-state index is 18.9. The number of aromatic nitrogens is 3. The fourth-order valence-corrected chi connectivity index (χ4v) is 17.2. The summed E-state index contributed by atoms with van der Waals surface area (Å²) in [7, 11) is 0. The molecule has 10 aliphatic rings. The molecular formula is C57H41F4N3. The highest BCUT2D eigenvalue weighted by atomic mass is 19.2. The summed E-state index contributed by atoms with van der Waals surface area (Å²) >= 11 is 0. The molecule has 10 aliphatic carbocycles. The summed E-state index contributed by atoms with van der Waals surface area (Å²) in [6.45, 7) is 0. The standard InChI is InChI=1S/C57H41F4N3/c58-53-18-28-15-29(19-53)23-55(60,22-28)51-48(53)44-37-17-36-35-11-5-7-32-8-6-14-40(43(32)35)57(38-12-3-1-9-33(38)34-10-2-4-13-39(34)57)47(36)46-45-42(64(50(37)46)41(44)26-62-51)27-63-52-49(45)54(59)20-30-16-31(21-54)25-56(52,61)24-30/h1-14,17,26-31H,15-16,18-25H2. The zero-order valence-electron chi connectivity index (χ0n) is 35.0. The van der Waals surface area contributed by atoms with Crippen molar-refractivity contribution < 1.29 is 17.6 Å². The quantitative estimate of drug-likeness (QED) is 0.142. The molecule has 0 amide bonds. The minimum atomic E-state index is -1.79. The number of fused-ring (bicyclic) bond motifs is 16. The van der Waals surface area contributed by atoms with E-state index in [1.165, 1.54) is 0 Å². The molecule has 4 aromatic heterocycles. The monoisotopic (exact) mass is 843 g/mol. The first-order valence-electron chi connectivity index (χ1n) is 23.7.